The summed E-state index contributed by atoms with van der Waals surface area (Å²) >= 11 is 0. The van der Waals surface area contributed by atoms with Gasteiger partial charge < -0.3 is 19.5 Å². The van der Waals surface area contributed by atoms with Gasteiger partial charge in [-0.15, -0.1) is 0 Å². The molecule has 2 aromatic carbocycles. The van der Waals surface area contributed by atoms with Gasteiger partial charge >= 0.3 is 11.9 Å². The molecule has 9 heteroatoms. The second kappa shape index (κ2) is 8.97. The average Bonchev–Trinajstić information content (AvgIpc) is 3.08. The lowest BCUT2D eigenvalue weighted by Crippen LogP contribution is -2.39. The fourth-order valence-corrected chi connectivity index (χ4v) is 3.28. The lowest BCUT2D eigenvalue weighted by Gasteiger charge is -2.24. The third-order valence-corrected chi connectivity index (χ3v) is 4.87. The molecule has 0 amide bonds. The summed E-state index contributed by atoms with van der Waals surface area (Å²) in [5, 5.41) is 20.8. The molecule has 0 aromatic heterocycles. The zero-order valence-corrected chi connectivity index (χ0v) is 17.1. The van der Waals surface area contributed by atoms with Gasteiger partial charge in [0.1, 0.15) is 6.61 Å². The summed E-state index contributed by atoms with van der Waals surface area (Å²) in [6.07, 6.45) is 1.46. The Hall–Kier alpha value is -3.72. The molecule has 31 heavy (non-hydrogen) atoms. The molecule has 2 aromatic rings. The summed E-state index contributed by atoms with van der Waals surface area (Å²) in [4.78, 5) is 37.1. The van der Waals surface area contributed by atoms with Crippen LogP contribution in [0.3, 0.4) is 0 Å². The third-order valence-electron chi connectivity index (χ3n) is 4.87. The van der Waals surface area contributed by atoms with Gasteiger partial charge in [-0.25, -0.2) is 9.59 Å². The minimum absolute atomic E-state index is 0.00632. The Labute approximate surface area is 178 Å². The number of nitro benzene ring substituents is 1. The van der Waals surface area contributed by atoms with Crippen LogP contribution in [0, 0.1) is 10.1 Å². The number of non-ortho nitro benzene ring substituents is 1. The summed E-state index contributed by atoms with van der Waals surface area (Å²) in [6.45, 7) is -0.879. The maximum Gasteiger partial charge on any atom is 0.340 e. The number of esters is 2. The molecule has 1 unspecified atom stereocenters. The van der Waals surface area contributed by atoms with Crippen molar-refractivity contribution in [3.05, 3.63) is 75.3 Å². The molecule has 0 bridgehead atoms. The SMILES string of the molecule is CN(C)c1ccccc1C(=O)OCC1(CO)C/C(=C\c2cccc([N+](=O)[O-])c2)C(=O)O1. The van der Waals surface area contributed by atoms with Crippen LogP contribution in [0.25, 0.3) is 6.08 Å². The first-order valence-electron chi connectivity index (χ1n) is 9.47. The number of hydrogen-bond donors (Lipinski definition) is 1. The molecule has 1 atom stereocenters. The number of benzene rings is 2. The molecule has 1 heterocycles. The predicted molar refractivity (Wildman–Crippen MR) is 113 cm³/mol. The van der Waals surface area contributed by atoms with Gasteiger partial charge in [0, 0.05) is 38.2 Å². The number of nitro groups is 1. The van der Waals surface area contributed by atoms with Gasteiger partial charge in [-0.3, -0.25) is 10.1 Å². The van der Waals surface area contributed by atoms with Gasteiger partial charge in [-0.1, -0.05) is 24.3 Å². The number of carbonyl (C=O) groups excluding carboxylic acids is 2. The Morgan fingerprint density at radius 2 is 2.03 bits per heavy atom. The first-order valence-corrected chi connectivity index (χ1v) is 9.47. The van der Waals surface area contributed by atoms with Crippen molar-refractivity contribution in [3.63, 3.8) is 0 Å². The molecule has 1 aliphatic rings. The largest absolute Gasteiger partial charge is 0.458 e. The van der Waals surface area contributed by atoms with E-state index in [1.807, 2.05) is 0 Å². The van der Waals surface area contributed by atoms with Crippen LogP contribution in [0.4, 0.5) is 11.4 Å². The number of anilines is 1. The molecule has 1 saturated heterocycles. The standard InChI is InChI=1S/C22H22N2O7/c1-23(2)19-9-4-3-8-18(19)21(27)30-14-22(13-25)12-16(20(26)31-22)10-15-6-5-7-17(11-15)24(28)29/h3-11,25H,12-14H2,1-2H3/b16-10+. The number of aliphatic hydroxyl groups excluding tert-OH is 1. The minimum atomic E-state index is -1.41. The molecule has 3 rings (SSSR count). The summed E-state index contributed by atoms with van der Waals surface area (Å²) in [6, 6.07) is 12.7. The Balaban J connectivity index is 1.76. The normalized spacial score (nSPS) is 19.2. The van der Waals surface area contributed by atoms with E-state index in [1.165, 1.54) is 24.3 Å². The highest BCUT2D eigenvalue weighted by atomic mass is 16.6. The predicted octanol–water partition coefficient (Wildman–Crippen LogP) is 2.58. The minimum Gasteiger partial charge on any atom is -0.458 e. The number of carbonyl (C=O) groups is 2. The molecule has 0 spiro atoms. The Morgan fingerprint density at radius 1 is 1.29 bits per heavy atom. The van der Waals surface area contributed by atoms with Crippen molar-refractivity contribution in [3.8, 4) is 0 Å². The lowest BCUT2D eigenvalue weighted by molar-refractivity contribution is -0.384. The van der Waals surface area contributed by atoms with Crippen molar-refractivity contribution in [2.45, 2.75) is 12.0 Å². The number of hydrogen-bond acceptors (Lipinski definition) is 8. The molecule has 9 nitrogen and oxygen atoms in total. The van der Waals surface area contributed by atoms with Crippen LogP contribution in [-0.4, -0.2) is 54.9 Å². The van der Waals surface area contributed by atoms with Gasteiger partial charge in [0.25, 0.3) is 5.69 Å². The van der Waals surface area contributed by atoms with E-state index in [1.54, 1.807) is 49.3 Å². The van der Waals surface area contributed by atoms with Crippen molar-refractivity contribution in [1.29, 1.82) is 0 Å². The molecular formula is C22H22N2O7. The molecule has 1 N–H and O–H groups in total. The number of para-hydroxylation sites is 1. The number of ether oxygens (including phenoxy) is 2. The number of rotatable bonds is 7. The monoisotopic (exact) mass is 426 g/mol. The summed E-state index contributed by atoms with van der Waals surface area (Å²) < 4.78 is 10.7. The smallest absolute Gasteiger partial charge is 0.340 e. The highest BCUT2D eigenvalue weighted by molar-refractivity contribution is 5.97. The molecule has 1 fully saturated rings. The molecule has 0 saturated carbocycles. The molecule has 0 radical (unpaired) electrons. The molecule has 1 aliphatic heterocycles. The van der Waals surface area contributed by atoms with Crippen LogP contribution in [0.15, 0.2) is 54.1 Å². The number of aliphatic hydroxyl groups is 1. The van der Waals surface area contributed by atoms with Gasteiger partial charge in [0.15, 0.2) is 5.60 Å². The van der Waals surface area contributed by atoms with Crippen molar-refractivity contribution >= 4 is 29.4 Å². The first-order chi connectivity index (χ1) is 14.7. The zero-order chi connectivity index (χ0) is 22.6. The van der Waals surface area contributed by atoms with E-state index in [4.69, 9.17) is 9.47 Å². The lowest BCUT2D eigenvalue weighted by atomic mass is 9.98. The fourth-order valence-electron chi connectivity index (χ4n) is 3.28. The van der Waals surface area contributed by atoms with E-state index < -0.39 is 29.1 Å². The van der Waals surface area contributed by atoms with Crippen LogP contribution in [-0.2, 0) is 14.3 Å². The quantitative estimate of drug-likeness (QED) is 0.311. The fraction of sp³-hybridized carbons (Fsp3) is 0.273. The second-order valence-electron chi connectivity index (χ2n) is 7.42. The van der Waals surface area contributed by atoms with Crippen molar-refractivity contribution in [1.82, 2.24) is 0 Å². The van der Waals surface area contributed by atoms with Gasteiger partial charge in [-0.05, 0) is 23.8 Å². The highest BCUT2D eigenvalue weighted by Gasteiger charge is 2.44. The van der Waals surface area contributed by atoms with Gasteiger partial charge in [0.05, 0.1) is 22.8 Å². The molecule has 0 aliphatic carbocycles. The van der Waals surface area contributed by atoms with E-state index in [0.717, 1.165) is 0 Å². The van der Waals surface area contributed by atoms with Gasteiger partial charge in [0.2, 0.25) is 0 Å². The van der Waals surface area contributed by atoms with Crippen LogP contribution in [0.1, 0.15) is 22.3 Å². The maximum absolute atomic E-state index is 12.6. The summed E-state index contributed by atoms with van der Waals surface area (Å²) in [7, 11) is 3.59. The van der Waals surface area contributed by atoms with Crippen molar-refractivity contribution in [2.24, 2.45) is 0 Å². The first kappa shape index (κ1) is 22.0. The number of nitrogens with zero attached hydrogens (tertiary/aromatic N) is 2. The number of cyclic esters (lactones) is 1. The highest BCUT2D eigenvalue weighted by Crippen LogP contribution is 2.33. The second-order valence-corrected chi connectivity index (χ2v) is 7.42. The van der Waals surface area contributed by atoms with Crippen LogP contribution < -0.4 is 4.90 Å². The van der Waals surface area contributed by atoms with Crippen LogP contribution in [0.2, 0.25) is 0 Å². The van der Waals surface area contributed by atoms with E-state index in [9.17, 15) is 24.8 Å². The average molecular weight is 426 g/mol. The van der Waals surface area contributed by atoms with Crippen molar-refractivity contribution < 1.29 is 29.1 Å². The Kier molecular flexibility index (Phi) is 6.36. The maximum atomic E-state index is 12.6. The topological polar surface area (TPSA) is 119 Å². The van der Waals surface area contributed by atoms with E-state index in [0.29, 0.717) is 16.8 Å². The van der Waals surface area contributed by atoms with Crippen molar-refractivity contribution in [2.75, 3.05) is 32.2 Å². The van der Waals surface area contributed by atoms with Crippen LogP contribution >= 0.6 is 0 Å². The van der Waals surface area contributed by atoms with Crippen LogP contribution in [0.5, 0.6) is 0 Å². The summed E-state index contributed by atoms with van der Waals surface area (Å²) in [5.41, 5.74) is 0.165. The van der Waals surface area contributed by atoms with E-state index >= 15 is 0 Å². The Morgan fingerprint density at radius 3 is 2.71 bits per heavy atom. The summed E-state index contributed by atoms with van der Waals surface area (Å²) in [5.74, 6) is -1.28. The van der Waals surface area contributed by atoms with E-state index in [2.05, 4.69) is 0 Å². The third kappa shape index (κ3) is 4.89. The van der Waals surface area contributed by atoms with Gasteiger partial charge in [-0.2, -0.15) is 0 Å². The molecular weight excluding hydrogens is 404 g/mol. The Bertz CT molecular complexity index is 1050. The zero-order valence-electron chi connectivity index (χ0n) is 17.1. The van der Waals surface area contributed by atoms with E-state index in [-0.39, 0.29) is 24.3 Å². The molecule has 162 valence electrons.